The summed E-state index contributed by atoms with van der Waals surface area (Å²) in [5.41, 5.74) is 2.42. The van der Waals surface area contributed by atoms with E-state index in [2.05, 4.69) is 10.3 Å². The number of hydrogen-bond acceptors (Lipinski definition) is 4. The average Bonchev–Trinajstić information content (AvgIpc) is 3.15. The van der Waals surface area contributed by atoms with Crippen LogP contribution in [0, 0.1) is 0 Å². The van der Waals surface area contributed by atoms with E-state index in [4.69, 9.17) is 16.0 Å². The minimum absolute atomic E-state index is 0.249. The van der Waals surface area contributed by atoms with E-state index >= 15 is 0 Å². The van der Waals surface area contributed by atoms with Gasteiger partial charge in [-0.15, -0.1) is 0 Å². The van der Waals surface area contributed by atoms with Crippen LogP contribution in [-0.2, 0) is 0 Å². The Labute approximate surface area is 181 Å². The molecule has 2 heterocycles. The fraction of sp³-hybridized carbons (Fsp3) is 0. The molecule has 5 aromatic rings. The van der Waals surface area contributed by atoms with Gasteiger partial charge in [0.15, 0.2) is 0 Å². The number of aromatic nitrogens is 1. The summed E-state index contributed by atoms with van der Waals surface area (Å²) in [6.07, 6.45) is 1.74. The first-order valence-electron chi connectivity index (χ1n) is 9.29. The molecule has 0 unspecified atom stereocenters. The lowest BCUT2D eigenvalue weighted by molar-refractivity contribution is 0.102. The maximum atomic E-state index is 13.0. The number of nitrogens with zero attached hydrogens (tertiary/aromatic N) is 1. The maximum absolute atomic E-state index is 13.0. The first kappa shape index (κ1) is 18.7. The SMILES string of the molecule is O=C(Nc1ccc(Sc2ccccn2)c(Cl)c1)c1cccc2c1oc1ccccc12. The van der Waals surface area contributed by atoms with Crippen molar-refractivity contribution in [3.63, 3.8) is 0 Å². The van der Waals surface area contributed by atoms with Gasteiger partial charge in [0.2, 0.25) is 0 Å². The normalized spacial score (nSPS) is 11.1. The summed E-state index contributed by atoms with van der Waals surface area (Å²) in [4.78, 5) is 18.1. The quantitative estimate of drug-likeness (QED) is 0.332. The van der Waals surface area contributed by atoms with E-state index in [1.807, 2.05) is 66.7 Å². The van der Waals surface area contributed by atoms with Crippen LogP contribution >= 0.6 is 23.4 Å². The molecule has 3 aromatic carbocycles. The van der Waals surface area contributed by atoms with Gasteiger partial charge in [0, 0.05) is 27.6 Å². The van der Waals surface area contributed by atoms with Crippen LogP contribution in [0.1, 0.15) is 10.4 Å². The van der Waals surface area contributed by atoms with Crippen LogP contribution in [0.25, 0.3) is 21.9 Å². The molecule has 146 valence electrons. The van der Waals surface area contributed by atoms with Crippen LogP contribution in [0.3, 0.4) is 0 Å². The molecule has 0 saturated heterocycles. The minimum atomic E-state index is -0.249. The molecular weight excluding hydrogens is 416 g/mol. The Kier molecular flexibility index (Phi) is 4.91. The Bertz CT molecular complexity index is 1380. The third-order valence-electron chi connectivity index (χ3n) is 4.69. The second kappa shape index (κ2) is 7.86. The number of amides is 1. The topological polar surface area (TPSA) is 55.1 Å². The summed E-state index contributed by atoms with van der Waals surface area (Å²) >= 11 is 7.91. The van der Waals surface area contributed by atoms with E-state index < -0.39 is 0 Å². The number of benzene rings is 3. The van der Waals surface area contributed by atoms with Crippen molar-refractivity contribution in [3.8, 4) is 0 Å². The smallest absolute Gasteiger partial charge is 0.259 e. The maximum Gasteiger partial charge on any atom is 0.259 e. The number of para-hydroxylation sites is 2. The predicted octanol–water partition coefficient (Wildman–Crippen LogP) is 7.04. The molecule has 1 N–H and O–H groups in total. The summed E-state index contributed by atoms with van der Waals surface area (Å²) < 4.78 is 5.95. The number of nitrogens with one attached hydrogen (secondary N) is 1. The number of furan rings is 1. The Balaban J connectivity index is 1.42. The molecule has 5 rings (SSSR count). The zero-order chi connectivity index (χ0) is 20.5. The van der Waals surface area contributed by atoms with Crippen molar-refractivity contribution in [2.75, 3.05) is 5.32 Å². The van der Waals surface area contributed by atoms with Crippen LogP contribution in [0.5, 0.6) is 0 Å². The third kappa shape index (κ3) is 3.54. The second-order valence-electron chi connectivity index (χ2n) is 6.65. The van der Waals surface area contributed by atoms with Crippen molar-refractivity contribution >= 4 is 56.9 Å². The minimum Gasteiger partial charge on any atom is -0.455 e. The highest BCUT2D eigenvalue weighted by atomic mass is 35.5. The summed E-state index contributed by atoms with van der Waals surface area (Å²) in [5.74, 6) is -0.249. The van der Waals surface area contributed by atoms with Crippen LogP contribution in [0.2, 0.25) is 5.02 Å². The van der Waals surface area contributed by atoms with Crippen molar-refractivity contribution in [3.05, 3.63) is 95.6 Å². The first-order chi connectivity index (χ1) is 14.7. The largest absolute Gasteiger partial charge is 0.455 e. The highest BCUT2D eigenvalue weighted by Crippen LogP contribution is 2.34. The number of carbonyl (C=O) groups excluding carboxylic acids is 1. The molecule has 1 amide bonds. The predicted molar refractivity (Wildman–Crippen MR) is 121 cm³/mol. The van der Waals surface area contributed by atoms with Crippen LogP contribution in [-0.4, -0.2) is 10.9 Å². The molecule has 0 aliphatic rings. The molecule has 0 radical (unpaired) electrons. The van der Waals surface area contributed by atoms with E-state index in [-0.39, 0.29) is 5.91 Å². The van der Waals surface area contributed by atoms with Crippen molar-refractivity contribution < 1.29 is 9.21 Å². The molecule has 2 aromatic heterocycles. The standard InChI is InChI=1S/C24H15ClN2O2S/c25-19-14-15(11-12-21(19)30-22-10-3-4-13-26-22)27-24(28)18-8-5-7-17-16-6-1-2-9-20(16)29-23(17)18/h1-14H,(H,27,28). The number of anilines is 1. The number of carbonyl (C=O) groups is 1. The zero-order valence-electron chi connectivity index (χ0n) is 15.6. The van der Waals surface area contributed by atoms with E-state index in [1.54, 1.807) is 18.3 Å². The Morgan fingerprint density at radius 1 is 0.933 bits per heavy atom. The lowest BCUT2D eigenvalue weighted by Crippen LogP contribution is -2.12. The number of pyridine rings is 1. The van der Waals surface area contributed by atoms with Gasteiger partial charge in [-0.25, -0.2) is 4.98 Å². The van der Waals surface area contributed by atoms with Crippen molar-refractivity contribution in [1.29, 1.82) is 0 Å². The fourth-order valence-electron chi connectivity index (χ4n) is 3.31. The highest BCUT2D eigenvalue weighted by Gasteiger charge is 2.16. The molecule has 4 nitrogen and oxygen atoms in total. The third-order valence-corrected chi connectivity index (χ3v) is 6.14. The van der Waals surface area contributed by atoms with Crippen LogP contribution in [0.4, 0.5) is 5.69 Å². The number of hydrogen-bond donors (Lipinski definition) is 1. The molecule has 30 heavy (non-hydrogen) atoms. The number of halogens is 1. The zero-order valence-corrected chi connectivity index (χ0v) is 17.2. The molecule has 0 aliphatic carbocycles. The van der Waals surface area contributed by atoms with Gasteiger partial charge in [-0.3, -0.25) is 4.79 Å². The highest BCUT2D eigenvalue weighted by molar-refractivity contribution is 7.99. The van der Waals surface area contributed by atoms with E-state index in [1.165, 1.54) is 11.8 Å². The van der Waals surface area contributed by atoms with E-state index in [9.17, 15) is 4.79 Å². The summed E-state index contributed by atoms with van der Waals surface area (Å²) in [5, 5.41) is 6.22. The molecule has 0 spiro atoms. The fourth-order valence-corrected chi connectivity index (χ4v) is 4.38. The van der Waals surface area contributed by atoms with Gasteiger partial charge in [-0.2, -0.15) is 0 Å². The van der Waals surface area contributed by atoms with Gasteiger partial charge in [-0.05, 0) is 42.5 Å². The lowest BCUT2D eigenvalue weighted by Gasteiger charge is -2.09. The Morgan fingerprint density at radius 3 is 2.60 bits per heavy atom. The number of fused-ring (bicyclic) bond motifs is 3. The van der Waals surface area contributed by atoms with Crippen molar-refractivity contribution in [2.45, 2.75) is 9.92 Å². The number of rotatable bonds is 4. The van der Waals surface area contributed by atoms with Crippen molar-refractivity contribution in [2.24, 2.45) is 0 Å². The molecule has 0 aliphatic heterocycles. The van der Waals surface area contributed by atoms with Gasteiger partial charge < -0.3 is 9.73 Å². The van der Waals surface area contributed by atoms with Gasteiger partial charge in [0.1, 0.15) is 16.2 Å². The van der Waals surface area contributed by atoms with Gasteiger partial charge in [-0.1, -0.05) is 59.8 Å². The average molecular weight is 431 g/mol. The first-order valence-corrected chi connectivity index (χ1v) is 10.5. The second-order valence-corrected chi connectivity index (χ2v) is 8.12. The Morgan fingerprint density at radius 2 is 1.77 bits per heavy atom. The van der Waals surface area contributed by atoms with Crippen LogP contribution < -0.4 is 5.32 Å². The molecule has 0 saturated carbocycles. The van der Waals surface area contributed by atoms with Crippen molar-refractivity contribution in [1.82, 2.24) is 4.98 Å². The van der Waals surface area contributed by atoms with Gasteiger partial charge in [0.05, 0.1) is 10.6 Å². The molecule has 0 bridgehead atoms. The molecule has 6 heteroatoms. The molecule has 0 fully saturated rings. The molecule has 0 atom stereocenters. The van der Waals surface area contributed by atoms with Crippen LogP contribution in [0.15, 0.2) is 99.4 Å². The van der Waals surface area contributed by atoms with E-state index in [0.29, 0.717) is 21.9 Å². The lowest BCUT2D eigenvalue weighted by atomic mass is 10.1. The summed E-state index contributed by atoms with van der Waals surface area (Å²) in [7, 11) is 0. The summed E-state index contributed by atoms with van der Waals surface area (Å²) in [6.45, 7) is 0. The Hall–Kier alpha value is -3.28. The van der Waals surface area contributed by atoms with Gasteiger partial charge in [0.25, 0.3) is 5.91 Å². The van der Waals surface area contributed by atoms with E-state index in [0.717, 1.165) is 26.3 Å². The molecular formula is C24H15ClN2O2S. The van der Waals surface area contributed by atoms with Gasteiger partial charge >= 0.3 is 0 Å². The summed E-state index contributed by atoms with van der Waals surface area (Å²) in [6, 6.07) is 24.5. The monoisotopic (exact) mass is 430 g/mol.